The molecule has 3 aliphatic rings. The van der Waals surface area contributed by atoms with Crippen LogP contribution in [-0.2, 0) is 4.74 Å². The SMILES string of the molecule is CC1(CNC2CCN3CCCCC23)CCOCC1. The predicted octanol–water partition coefficient (Wildman–Crippen LogP) is 2.02. The minimum atomic E-state index is 0.473. The third kappa shape index (κ3) is 2.73. The Morgan fingerprint density at radius 1 is 1.17 bits per heavy atom. The lowest BCUT2D eigenvalue weighted by Gasteiger charge is -2.37. The summed E-state index contributed by atoms with van der Waals surface area (Å²) in [5.41, 5.74) is 0.473. The Balaban J connectivity index is 1.50. The monoisotopic (exact) mass is 252 g/mol. The first-order valence-electron chi connectivity index (χ1n) is 7.82. The number of piperidine rings is 1. The molecule has 0 aromatic rings. The molecule has 3 rings (SSSR count). The van der Waals surface area contributed by atoms with Crippen LogP contribution in [0.1, 0.15) is 45.4 Å². The van der Waals surface area contributed by atoms with Crippen molar-refractivity contribution in [2.45, 2.75) is 57.5 Å². The zero-order chi connectivity index (χ0) is 12.4. The van der Waals surface area contributed by atoms with E-state index in [0.717, 1.165) is 25.3 Å². The summed E-state index contributed by atoms with van der Waals surface area (Å²) in [6.07, 6.45) is 8.07. The van der Waals surface area contributed by atoms with E-state index >= 15 is 0 Å². The Labute approximate surface area is 111 Å². The molecule has 3 heterocycles. The average Bonchev–Trinajstić information content (AvgIpc) is 2.81. The first kappa shape index (κ1) is 12.9. The highest BCUT2D eigenvalue weighted by Gasteiger charge is 2.36. The highest BCUT2D eigenvalue weighted by atomic mass is 16.5. The number of nitrogens with one attached hydrogen (secondary N) is 1. The van der Waals surface area contributed by atoms with Gasteiger partial charge in [-0.25, -0.2) is 0 Å². The standard InChI is InChI=1S/C15H28N2O/c1-15(6-10-18-11-7-15)12-16-13-5-9-17-8-3-2-4-14(13)17/h13-14,16H,2-12H2,1H3. The van der Waals surface area contributed by atoms with Crippen molar-refractivity contribution in [3.63, 3.8) is 0 Å². The van der Waals surface area contributed by atoms with Crippen LogP contribution in [0, 0.1) is 5.41 Å². The second-order valence-corrected chi connectivity index (χ2v) is 6.80. The molecular formula is C15H28N2O. The van der Waals surface area contributed by atoms with Crippen molar-refractivity contribution in [2.24, 2.45) is 5.41 Å². The Kier molecular flexibility index (Phi) is 3.92. The summed E-state index contributed by atoms with van der Waals surface area (Å²) in [6, 6.07) is 1.59. The van der Waals surface area contributed by atoms with Crippen molar-refractivity contribution >= 4 is 0 Å². The van der Waals surface area contributed by atoms with Crippen molar-refractivity contribution in [3.05, 3.63) is 0 Å². The van der Waals surface area contributed by atoms with Crippen LogP contribution in [0.2, 0.25) is 0 Å². The minimum Gasteiger partial charge on any atom is -0.381 e. The van der Waals surface area contributed by atoms with E-state index in [1.54, 1.807) is 0 Å². The fourth-order valence-corrected chi connectivity index (χ4v) is 3.90. The van der Waals surface area contributed by atoms with E-state index in [2.05, 4.69) is 17.1 Å². The van der Waals surface area contributed by atoms with Gasteiger partial charge in [0, 0.05) is 38.4 Å². The van der Waals surface area contributed by atoms with Gasteiger partial charge >= 0.3 is 0 Å². The zero-order valence-corrected chi connectivity index (χ0v) is 11.8. The average molecular weight is 252 g/mol. The van der Waals surface area contributed by atoms with Crippen molar-refractivity contribution < 1.29 is 4.74 Å². The van der Waals surface area contributed by atoms with E-state index < -0.39 is 0 Å². The molecule has 2 atom stereocenters. The molecule has 0 saturated carbocycles. The Morgan fingerprint density at radius 3 is 2.83 bits per heavy atom. The molecule has 3 saturated heterocycles. The van der Waals surface area contributed by atoms with Crippen molar-refractivity contribution in [3.8, 4) is 0 Å². The van der Waals surface area contributed by atoms with Crippen LogP contribution in [0.4, 0.5) is 0 Å². The third-order valence-electron chi connectivity index (χ3n) is 5.35. The van der Waals surface area contributed by atoms with E-state index in [9.17, 15) is 0 Å². The molecule has 0 aliphatic carbocycles. The number of nitrogens with zero attached hydrogens (tertiary/aromatic N) is 1. The quantitative estimate of drug-likeness (QED) is 0.831. The van der Waals surface area contributed by atoms with Gasteiger partial charge in [0.1, 0.15) is 0 Å². The van der Waals surface area contributed by atoms with Crippen LogP contribution in [0.15, 0.2) is 0 Å². The molecule has 0 radical (unpaired) electrons. The van der Waals surface area contributed by atoms with Gasteiger partial charge in [0.15, 0.2) is 0 Å². The maximum Gasteiger partial charge on any atom is 0.0471 e. The molecule has 1 N–H and O–H groups in total. The van der Waals surface area contributed by atoms with Crippen LogP contribution in [-0.4, -0.2) is 49.8 Å². The zero-order valence-electron chi connectivity index (χ0n) is 11.8. The van der Waals surface area contributed by atoms with Crippen molar-refractivity contribution in [2.75, 3.05) is 32.8 Å². The Hall–Kier alpha value is -0.120. The van der Waals surface area contributed by atoms with E-state index in [1.165, 1.54) is 58.2 Å². The van der Waals surface area contributed by atoms with Gasteiger partial charge < -0.3 is 10.1 Å². The molecular weight excluding hydrogens is 224 g/mol. The highest BCUT2D eigenvalue weighted by Crippen LogP contribution is 2.31. The first-order valence-corrected chi connectivity index (χ1v) is 7.82. The van der Waals surface area contributed by atoms with Gasteiger partial charge in [0.25, 0.3) is 0 Å². The second-order valence-electron chi connectivity index (χ2n) is 6.80. The number of fused-ring (bicyclic) bond motifs is 1. The summed E-state index contributed by atoms with van der Waals surface area (Å²) in [7, 11) is 0. The van der Waals surface area contributed by atoms with Crippen LogP contribution < -0.4 is 5.32 Å². The topological polar surface area (TPSA) is 24.5 Å². The summed E-state index contributed by atoms with van der Waals surface area (Å²) in [4.78, 5) is 2.72. The summed E-state index contributed by atoms with van der Waals surface area (Å²) in [6.45, 7) is 8.19. The molecule has 3 fully saturated rings. The molecule has 2 unspecified atom stereocenters. The molecule has 3 heteroatoms. The molecule has 104 valence electrons. The molecule has 3 nitrogen and oxygen atoms in total. The van der Waals surface area contributed by atoms with Gasteiger partial charge in [0.05, 0.1) is 0 Å². The fourth-order valence-electron chi connectivity index (χ4n) is 3.90. The molecule has 18 heavy (non-hydrogen) atoms. The van der Waals surface area contributed by atoms with Crippen LogP contribution >= 0.6 is 0 Å². The lowest BCUT2D eigenvalue weighted by Crippen LogP contribution is -2.48. The molecule has 0 amide bonds. The van der Waals surface area contributed by atoms with Gasteiger partial charge in [-0.3, -0.25) is 4.90 Å². The minimum absolute atomic E-state index is 0.473. The summed E-state index contributed by atoms with van der Waals surface area (Å²) < 4.78 is 5.49. The van der Waals surface area contributed by atoms with Crippen LogP contribution in [0.3, 0.4) is 0 Å². The molecule has 0 aromatic carbocycles. The normalized spacial score (nSPS) is 36.5. The van der Waals surface area contributed by atoms with Gasteiger partial charge in [-0.1, -0.05) is 13.3 Å². The number of hydrogen-bond acceptors (Lipinski definition) is 3. The van der Waals surface area contributed by atoms with E-state index in [0.29, 0.717) is 5.41 Å². The van der Waals surface area contributed by atoms with Crippen molar-refractivity contribution in [1.29, 1.82) is 0 Å². The first-order chi connectivity index (χ1) is 8.77. The van der Waals surface area contributed by atoms with Gasteiger partial charge in [-0.2, -0.15) is 0 Å². The molecule has 0 aromatic heterocycles. The van der Waals surface area contributed by atoms with Crippen LogP contribution in [0.25, 0.3) is 0 Å². The lowest BCUT2D eigenvalue weighted by molar-refractivity contribution is 0.0220. The van der Waals surface area contributed by atoms with Crippen molar-refractivity contribution in [1.82, 2.24) is 10.2 Å². The Morgan fingerprint density at radius 2 is 2.00 bits per heavy atom. The number of hydrogen-bond donors (Lipinski definition) is 1. The second kappa shape index (κ2) is 5.48. The maximum absolute atomic E-state index is 5.49. The molecule has 0 spiro atoms. The summed E-state index contributed by atoms with van der Waals surface area (Å²) in [5, 5.41) is 3.89. The highest BCUT2D eigenvalue weighted by molar-refractivity contribution is 4.95. The van der Waals surface area contributed by atoms with Crippen LogP contribution in [0.5, 0.6) is 0 Å². The fraction of sp³-hybridized carbons (Fsp3) is 1.00. The van der Waals surface area contributed by atoms with Gasteiger partial charge in [0.2, 0.25) is 0 Å². The van der Waals surface area contributed by atoms with E-state index in [1.807, 2.05) is 0 Å². The van der Waals surface area contributed by atoms with E-state index in [4.69, 9.17) is 4.74 Å². The van der Waals surface area contributed by atoms with E-state index in [-0.39, 0.29) is 0 Å². The van der Waals surface area contributed by atoms with Gasteiger partial charge in [-0.15, -0.1) is 0 Å². The summed E-state index contributed by atoms with van der Waals surface area (Å²) in [5.74, 6) is 0. The number of ether oxygens (including phenoxy) is 1. The van der Waals surface area contributed by atoms with Gasteiger partial charge in [-0.05, 0) is 44.1 Å². The predicted molar refractivity (Wildman–Crippen MR) is 73.8 cm³/mol. The Bertz CT molecular complexity index is 276. The summed E-state index contributed by atoms with van der Waals surface area (Å²) >= 11 is 0. The largest absolute Gasteiger partial charge is 0.381 e. The molecule has 3 aliphatic heterocycles. The number of rotatable bonds is 3. The third-order valence-corrected chi connectivity index (χ3v) is 5.35. The molecule has 0 bridgehead atoms. The lowest BCUT2D eigenvalue weighted by atomic mass is 9.82. The smallest absolute Gasteiger partial charge is 0.0471 e. The maximum atomic E-state index is 5.49.